The van der Waals surface area contributed by atoms with Gasteiger partial charge in [-0.25, -0.2) is 0 Å². The van der Waals surface area contributed by atoms with Gasteiger partial charge in [-0.1, -0.05) is 22.5 Å². The molecular formula is C12H17BrO3. The van der Waals surface area contributed by atoms with Gasteiger partial charge in [-0.15, -0.1) is 0 Å². The minimum atomic E-state index is -1.25. The van der Waals surface area contributed by atoms with Crippen LogP contribution in [0.5, 0.6) is 0 Å². The van der Waals surface area contributed by atoms with Crippen LogP contribution in [0.2, 0.25) is 0 Å². The Morgan fingerprint density at radius 1 is 1.69 bits per heavy atom. The molecule has 1 aliphatic heterocycles. The highest BCUT2D eigenvalue weighted by Gasteiger charge is 2.60. The summed E-state index contributed by atoms with van der Waals surface area (Å²) in [6.07, 6.45) is 3.01. The molecule has 1 N–H and O–H groups in total. The minimum Gasteiger partial charge on any atom is -0.365 e. The SMILES string of the molecule is C=C(Br)CC1CCC2(C)C(=O)CCC2(O)O1. The Morgan fingerprint density at radius 3 is 3.00 bits per heavy atom. The standard InChI is InChI=1S/C12H17BrO3/c1-8(13)7-9-3-5-11(2)10(14)4-6-12(11,15)16-9/h9,15H,1,3-7H2,2H3. The number of fused-ring (bicyclic) bond motifs is 1. The van der Waals surface area contributed by atoms with Crippen LogP contribution in [0.4, 0.5) is 0 Å². The predicted molar refractivity (Wildman–Crippen MR) is 64.1 cm³/mol. The van der Waals surface area contributed by atoms with E-state index >= 15 is 0 Å². The average molecular weight is 289 g/mol. The van der Waals surface area contributed by atoms with E-state index in [1.165, 1.54) is 0 Å². The van der Waals surface area contributed by atoms with Gasteiger partial charge in [-0.05, 0) is 24.2 Å². The normalized spacial score (nSPS) is 43.2. The molecule has 0 amide bonds. The van der Waals surface area contributed by atoms with Crippen LogP contribution in [0.25, 0.3) is 0 Å². The number of carbonyl (C=O) groups is 1. The zero-order chi connectivity index (χ0) is 12.0. The summed E-state index contributed by atoms with van der Waals surface area (Å²) < 4.78 is 6.60. The molecule has 1 saturated carbocycles. The van der Waals surface area contributed by atoms with Crippen LogP contribution in [0, 0.1) is 5.41 Å². The molecule has 16 heavy (non-hydrogen) atoms. The Kier molecular flexibility index (Phi) is 3.01. The third-order valence-corrected chi connectivity index (χ3v) is 4.27. The molecule has 3 nitrogen and oxygen atoms in total. The van der Waals surface area contributed by atoms with Crippen molar-refractivity contribution in [3.05, 3.63) is 11.1 Å². The van der Waals surface area contributed by atoms with Gasteiger partial charge in [0.05, 0.1) is 11.5 Å². The first-order valence-corrected chi connectivity index (χ1v) is 6.43. The van der Waals surface area contributed by atoms with E-state index < -0.39 is 11.2 Å². The molecule has 1 heterocycles. The maximum Gasteiger partial charge on any atom is 0.178 e. The first-order chi connectivity index (χ1) is 7.37. The zero-order valence-electron chi connectivity index (χ0n) is 9.46. The summed E-state index contributed by atoms with van der Waals surface area (Å²) in [5, 5.41) is 10.4. The molecule has 1 saturated heterocycles. The van der Waals surface area contributed by atoms with Gasteiger partial charge in [0.1, 0.15) is 5.78 Å². The molecule has 4 heteroatoms. The molecule has 3 unspecified atom stereocenters. The van der Waals surface area contributed by atoms with Crippen LogP contribution in [0.15, 0.2) is 11.1 Å². The van der Waals surface area contributed by atoms with E-state index in [2.05, 4.69) is 22.5 Å². The third-order valence-electron chi connectivity index (χ3n) is 3.95. The number of ether oxygens (including phenoxy) is 1. The van der Waals surface area contributed by atoms with Crippen LogP contribution in [0.1, 0.15) is 39.0 Å². The topological polar surface area (TPSA) is 46.5 Å². The molecule has 0 radical (unpaired) electrons. The molecule has 1 aliphatic carbocycles. The second-order valence-electron chi connectivity index (χ2n) is 5.04. The molecule has 2 fully saturated rings. The Labute approximate surface area is 104 Å². The second kappa shape index (κ2) is 3.93. The molecule has 2 rings (SSSR count). The molecule has 2 aliphatic rings. The van der Waals surface area contributed by atoms with Crippen LogP contribution >= 0.6 is 15.9 Å². The first-order valence-electron chi connectivity index (χ1n) is 5.64. The highest BCUT2D eigenvalue weighted by molar-refractivity contribution is 9.11. The molecule has 90 valence electrons. The lowest BCUT2D eigenvalue weighted by Crippen LogP contribution is -2.53. The van der Waals surface area contributed by atoms with E-state index in [1.54, 1.807) is 0 Å². The smallest absolute Gasteiger partial charge is 0.178 e. The number of hydrogen-bond donors (Lipinski definition) is 1. The van der Waals surface area contributed by atoms with E-state index in [-0.39, 0.29) is 11.9 Å². The Bertz CT molecular complexity index is 341. The molecule has 0 spiro atoms. The van der Waals surface area contributed by atoms with Crippen molar-refractivity contribution in [2.75, 3.05) is 0 Å². The van der Waals surface area contributed by atoms with Crippen molar-refractivity contribution in [3.63, 3.8) is 0 Å². The second-order valence-corrected chi connectivity index (χ2v) is 6.16. The van der Waals surface area contributed by atoms with Crippen molar-refractivity contribution in [2.45, 2.75) is 50.9 Å². The Balaban J connectivity index is 2.15. The summed E-state index contributed by atoms with van der Waals surface area (Å²) in [7, 11) is 0. The van der Waals surface area contributed by atoms with Gasteiger partial charge in [0, 0.05) is 19.3 Å². The number of rotatable bonds is 2. The van der Waals surface area contributed by atoms with E-state index in [1.807, 2.05) is 6.92 Å². The van der Waals surface area contributed by atoms with Crippen LogP contribution < -0.4 is 0 Å². The zero-order valence-corrected chi connectivity index (χ0v) is 11.0. The van der Waals surface area contributed by atoms with Crippen LogP contribution in [0.3, 0.4) is 0 Å². The lowest BCUT2D eigenvalue weighted by Gasteiger charge is -2.45. The van der Waals surface area contributed by atoms with E-state index in [9.17, 15) is 9.90 Å². The average Bonchev–Trinajstić information content (AvgIpc) is 2.40. The van der Waals surface area contributed by atoms with Crippen molar-refractivity contribution in [1.29, 1.82) is 0 Å². The fourth-order valence-corrected chi connectivity index (χ4v) is 3.11. The number of ketones is 1. The van der Waals surface area contributed by atoms with Gasteiger partial charge >= 0.3 is 0 Å². The highest BCUT2D eigenvalue weighted by atomic mass is 79.9. The van der Waals surface area contributed by atoms with Gasteiger partial charge in [-0.3, -0.25) is 4.79 Å². The van der Waals surface area contributed by atoms with Gasteiger partial charge in [0.15, 0.2) is 5.79 Å². The molecule has 3 atom stereocenters. The van der Waals surface area contributed by atoms with E-state index in [0.717, 1.165) is 10.9 Å². The summed E-state index contributed by atoms with van der Waals surface area (Å²) >= 11 is 3.30. The summed E-state index contributed by atoms with van der Waals surface area (Å²) in [6.45, 7) is 5.60. The third kappa shape index (κ3) is 1.77. The van der Waals surface area contributed by atoms with Crippen LogP contribution in [-0.4, -0.2) is 22.8 Å². The first kappa shape index (κ1) is 12.3. The molecule has 0 aromatic rings. The number of halogens is 1. The molecule has 0 aromatic heterocycles. The maximum absolute atomic E-state index is 11.8. The van der Waals surface area contributed by atoms with Crippen molar-refractivity contribution in [2.24, 2.45) is 5.41 Å². The van der Waals surface area contributed by atoms with Gasteiger partial charge in [-0.2, -0.15) is 0 Å². The van der Waals surface area contributed by atoms with Crippen LogP contribution in [-0.2, 0) is 9.53 Å². The summed E-state index contributed by atoms with van der Waals surface area (Å²) in [4.78, 5) is 11.8. The molecule has 0 aromatic carbocycles. The molecular weight excluding hydrogens is 272 g/mol. The fraction of sp³-hybridized carbons (Fsp3) is 0.750. The lowest BCUT2D eigenvalue weighted by molar-refractivity contribution is -0.294. The number of hydrogen-bond acceptors (Lipinski definition) is 3. The Morgan fingerprint density at radius 2 is 2.38 bits per heavy atom. The van der Waals surface area contributed by atoms with Crippen molar-refractivity contribution >= 4 is 21.7 Å². The number of Topliss-reactive ketones (excluding diaryl/α,β-unsaturated/α-hetero) is 1. The van der Waals surface area contributed by atoms with E-state index in [0.29, 0.717) is 25.7 Å². The maximum atomic E-state index is 11.8. The predicted octanol–water partition coefficient (Wildman–Crippen LogP) is 2.52. The lowest BCUT2D eigenvalue weighted by atomic mass is 9.75. The summed E-state index contributed by atoms with van der Waals surface area (Å²) in [5.74, 6) is -1.12. The summed E-state index contributed by atoms with van der Waals surface area (Å²) in [6, 6.07) is 0. The Hall–Kier alpha value is -0.190. The minimum absolute atomic E-state index is 0.0316. The van der Waals surface area contributed by atoms with Gasteiger partial charge in [0.2, 0.25) is 0 Å². The van der Waals surface area contributed by atoms with Crippen molar-refractivity contribution in [1.82, 2.24) is 0 Å². The largest absolute Gasteiger partial charge is 0.365 e. The van der Waals surface area contributed by atoms with Crippen molar-refractivity contribution in [3.8, 4) is 0 Å². The van der Waals surface area contributed by atoms with E-state index in [4.69, 9.17) is 4.74 Å². The number of carbonyl (C=O) groups excluding carboxylic acids is 1. The monoisotopic (exact) mass is 288 g/mol. The molecule has 0 bridgehead atoms. The van der Waals surface area contributed by atoms with Gasteiger partial charge < -0.3 is 9.84 Å². The number of aliphatic hydroxyl groups is 1. The fourth-order valence-electron chi connectivity index (χ4n) is 2.75. The van der Waals surface area contributed by atoms with Crippen molar-refractivity contribution < 1.29 is 14.6 Å². The quantitative estimate of drug-likeness (QED) is 0.849. The summed E-state index contributed by atoms with van der Waals surface area (Å²) in [5.41, 5.74) is -0.697. The highest BCUT2D eigenvalue weighted by Crippen LogP contribution is 2.52. The van der Waals surface area contributed by atoms with Gasteiger partial charge in [0.25, 0.3) is 0 Å².